The number of fused-ring (bicyclic) bond motifs is 1. The lowest BCUT2D eigenvalue weighted by Gasteiger charge is -2.31. The Morgan fingerprint density at radius 2 is 1.90 bits per heavy atom. The maximum absolute atomic E-state index is 14.0. The molecule has 1 aliphatic carbocycles. The molecule has 1 saturated carbocycles. The Balaban J connectivity index is 1.55. The van der Waals surface area contributed by atoms with Crippen LogP contribution in [0.5, 0.6) is 0 Å². The Labute approximate surface area is 227 Å². The number of para-hydroxylation sites is 1. The maximum Gasteiger partial charge on any atom is 0.522 e. The second-order valence-electron chi connectivity index (χ2n) is 10.7. The van der Waals surface area contributed by atoms with Crippen LogP contribution in [-0.2, 0) is 29.1 Å². The molecule has 0 aromatic heterocycles. The fraction of sp³-hybridized carbons (Fsp3) is 0.583. The van der Waals surface area contributed by atoms with Gasteiger partial charge in [0.2, 0.25) is 11.8 Å². The second-order valence-corrected chi connectivity index (χ2v) is 12.2. The van der Waals surface area contributed by atoms with Gasteiger partial charge in [0.1, 0.15) is 18.5 Å². The Kier molecular flexibility index (Phi) is 7.88. The lowest BCUT2D eigenvalue weighted by Crippen LogP contribution is -2.55. The predicted molar refractivity (Wildman–Crippen MR) is 130 cm³/mol. The fourth-order valence-electron chi connectivity index (χ4n) is 5.60. The first-order valence-electron chi connectivity index (χ1n) is 12.4. The van der Waals surface area contributed by atoms with E-state index in [1.54, 1.807) is 13.8 Å². The van der Waals surface area contributed by atoms with Crippen LogP contribution in [-0.4, -0.2) is 74.3 Å². The van der Waals surface area contributed by atoms with Crippen molar-refractivity contribution in [2.75, 3.05) is 24.4 Å². The van der Waals surface area contributed by atoms with Gasteiger partial charge in [0.15, 0.2) is 5.78 Å². The summed E-state index contributed by atoms with van der Waals surface area (Å²) in [7, 11) is -4.87. The van der Waals surface area contributed by atoms with Crippen LogP contribution in [0.3, 0.4) is 0 Å². The first-order chi connectivity index (χ1) is 18.5. The largest absolute Gasteiger partial charge is 0.522 e. The van der Waals surface area contributed by atoms with Gasteiger partial charge in [-0.25, -0.2) is 4.39 Å². The fourth-order valence-corrected chi connectivity index (χ4v) is 6.64. The number of carbonyl (C=O) groups is 4. The highest BCUT2D eigenvalue weighted by Gasteiger charge is 2.70. The third kappa shape index (κ3) is 6.06. The molecule has 0 bridgehead atoms. The van der Waals surface area contributed by atoms with E-state index in [0.717, 1.165) is 17.0 Å². The number of hydrogen-bond donors (Lipinski definition) is 3. The molecule has 4 rings (SSSR count). The minimum Gasteiger partial charge on any atom is -0.356 e. The summed E-state index contributed by atoms with van der Waals surface area (Å²) in [5.41, 5.74) is -0.960. The molecule has 5 atom stereocenters. The van der Waals surface area contributed by atoms with Crippen molar-refractivity contribution in [3.8, 4) is 0 Å². The number of sulfonamides is 1. The molecule has 40 heavy (non-hydrogen) atoms. The van der Waals surface area contributed by atoms with Crippen molar-refractivity contribution in [1.82, 2.24) is 15.5 Å². The zero-order valence-corrected chi connectivity index (χ0v) is 22.3. The van der Waals surface area contributed by atoms with Crippen LogP contribution in [0.25, 0.3) is 0 Å². The van der Waals surface area contributed by atoms with Crippen molar-refractivity contribution < 1.29 is 49.9 Å². The molecule has 0 radical (unpaired) electrons. The number of halogens is 4. The minimum absolute atomic E-state index is 0.131. The van der Waals surface area contributed by atoms with Crippen molar-refractivity contribution in [2.24, 2.45) is 23.2 Å². The number of piperidine rings is 1. The van der Waals surface area contributed by atoms with E-state index in [-0.39, 0.29) is 31.8 Å². The normalized spacial score (nSPS) is 26.1. The molecule has 2 heterocycles. The van der Waals surface area contributed by atoms with E-state index in [2.05, 4.69) is 15.4 Å². The number of alkyl halides is 3. The number of carbonyl (C=O) groups excluding carboxylic acids is 4. The van der Waals surface area contributed by atoms with Crippen LogP contribution in [0.15, 0.2) is 24.3 Å². The van der Waals surface area contributed by atoms with Crippen molar-refractivity contribution >= 4 is 38.5 Å². The van der Waals surface area contributed by atoms with E-state index in [0.29, 0.717) is 0 Å². The summed E-state index contributed by atoms with van der Waals surface area (Å²) in [6.45, 7) is 2.34. The number of ketones is 1. The Morgan fingerprint density at radius 1 is 1.23 bits per heavy atom. The number of nitrogens with zero attached hydrogens (tertiary/aromatic N) is 1. The van der Waals surface area contributed by atoms with Crippen LogP contribution < -0.4 is 15.4 Å². The summed E-state index contributed by atoms with van der Waals surface area (Å²) >= 11 is 0. The van der Waals surface area contributed by atoms with Gasteiger partial charge < -0.3 is 15.5 Å². The average Bonchev–Trinajstić information content (AvgIpc) is 3.20. The third-order valence-electron chi connectivity index (χ3n) is 7.83. The number of benzene rings is 1. The number of amides is 3. The first kappa shape index (κ1) is 29.7. The summed E-state index contributed by atoms with van der Waals surface area (Å²) in [6, 6.07) is 1.79. The van der Waals surface area contributed by atoms with Gasteiger partial charge in [-0.2, -0.15) is 8.42 Å². The number of hydrogen-bond acceptors (Lipinski definition) is 7. The lowest BCUT2D eigenvalue weighted by atomic mass is 9.95. The molecule has 11 nitrogen and oxygen atoms in total. The van der Waals surface area contributed by atoms with Gasteiger partial charge in [-0.3, -0.25) is 28.6 Å². The van der Waals surface area contributed by atoms with Crippen molar-refractivity contribution in [3.63, 3.8) is 0 Å². The first-order valence-corrected chi connectivity index (χ1v) is 13.9. The molecular weight excluding hydrogens is 564 g/mol. The molecule has 1 aromatic carbocycles. The molecule has 2 saturated heterocycles. The van der Waals surface area contributed by atoms with Crippen LogP contribution in [0, 0.1) is 29.0 Å². The zero-order valence-electron chi connectivity index (χ0n) is 21.5. The van der Waals surface area contributed by atoms with Gasteiger partial charge in [-0.1, -0.05) is 26.0 Å². The standard InChI is InChI=1S/C24H28F4N4O7S/c1-23(2)13-10-32(22(36)40(37,38)31-15-6-4-3-5-14(15)25)19(18(13)23)21(35)30-16(9-12-7-8-29-20(12)34)17(33)11-39-24(26,27)28/h3-6,12-13,16,18-19,31H,7-11H2,1-2H3,(H,29,34)(H,30,35)/t12-,13-,16?,18-,19-/m0/s1. The Bertz CT molecular complexity index is 1320. The van der Waals surface area contributed by atoms with E-state index >= 15 is 0 Å². The van der Waals surface area contributed by atoms with E-state index in [1.807, 2.05) is 4.72 Å². The van der Waals surface area contributed by atoms with E-state index in [9.17, 15) is 45.2 Å². The van der Waals surface area contributed by atoms with Crippen LogP contribution in [0.2, 0.25) is 0 Å². The third-order valence-corrected chi connectivity index (χ3v) is 9.01. The van der Waals surface area contributed by atoms with Crippen LogP contribution in [0.1, 0.15) is 26.7 Å². The van der Waals surface area contributed by atoms with Gasteiger partial charge in [-0.05, 0) is 42.2 Å². The summed E-state index contributed by atoms with van der Waals surface area (Å²) < 4.78 is 82.9. The molecule has 3 N–H and O–H groups in total. The van der Waals surface area contributed by atoms with Crippen LogP contribution in [0.4, 0.5) is 28.0 Å². The molecule has 220 valence electrons. The van der Waals surface area contributed by atoms with E-state index in [4.69, 9.17) is 0 Å². The molecule has 1 aromatic rings. The second kappa shape index (κ2) is 10.6. The van der Waals surface area contributed by atoms with Crippen molar-refractivity contribution in [3.05, 3.63) is 30.1 Å². The minimum atomic E-state index is -5.12. The van der Waals surface area contributed by atoms with Crippen LogP contribution >= 0.6 is 0 Å². The van der Waals surface area contributed by atoms with E-state index in [1.165, 1.54) is 12.1 Å². The zero-order chi connectivity index (χ0) is 29.6. The summed E-state index contributed by atoms with van der Waals surface area (Å²) in [6.07, 6.45) is -5.15. The number of nitrogens with one attached hydrogen (secondary N) is 3. The lowest BCUT2D eigenvalue weighted by molar-refractivity contribution is -0.321. The monoisotopic (exact) mass is 592 g/mol. The Hall–Kier alpha value is -3.27. The molecular formula is C24H28F4N4O7S. The summed E-state index contributed by atoms with van der Waals surface area (Å²) in [4.78, 5) is 52.2. The molecule has 0 spiro atoms. The number of rotatable bonds is 9. The van der Waals surface area contributed by atoms with E-state index < -0.39 is 86.7 Å². The summed E-state index contributed by atoms with van der Waals surface area (Å²) in [5, 5.41) is 3.38. The highest BCUT2D eigenvalue weighted by atomic mass is 32.2. The van der Waals surface area contributed by atoms with Gasteiger partial charge in [0.25, 0.3) is 0 Å². The average molecular weight is 593 g/mol. The van der Waals surface area contributed by atoms with Crippen molar-refractivity contribution in [2.45, 2.75) is 45.1 Å². The Morgan fingerprint density at radius 3 is 2.50 bits per heavy atom. The summed E-state index contributed by atoms with van der Waals surface area (Å²) in [5.74, 6) is -5.04. The topological polar surface area (TPSA) is 151 Å². The molecule has 1 unspecified atom stereocenters. The van der Waals surface area contributed by atoms with Gasteiger partial charge in [0.05, 0.1) is 11.7 Å². The number of ether oxygens (including phenoxy) is 1. The molecule has 3 fully saturated rings. The highest BCUT2D eigenvalue weighted by molar-refractivity contribution is 8.07. The molecule has 3 aliphatic rings. The van der Waals surface area contributed by atoms with Gasteiger partial charge >= 0.3 is 21.6 Å². The quantitative estimate of drug-likeness (QED) is 0.370. The highest BCUT2D eigenvalue weighted by Crippen LogP contribution is 2.65. The van der Waals surface area contributed by atoms with Gasteiger partial charge in [-0.15, -0.1) is 13.2 Å². The molecule has 2 aliphatic heterocycles. The van der Waals surface area contributed by atoms with Gasteiger partial charge in [0, 0.05) is 19.0 Å². The van der Waals surface area contributed by atoms with Crippen molar-refractivity contribution in [1.29, 1.82) is 0 Å². The smallest absolute Gasteiger partial charge is 0.356 e. The molecule has 16 heteroatoms. The number of anilines is 1. The SMILES string of the molecule is CC1(C)[C@@H]2[C@@H](C(=O)NC(C[C@@H]3CCNC3=O)C(=O)COC(F)(F)F)N(C(=O)S(=O)(=O)Nc3ccccc3F)C[C@@H]21. The molecule has 3 amide bonds. The number of Topliss-reactive ketones (excluding diaryl/α,β-unsaturated/α-hetero) is 1. The number of likely N-dealkylation sites (tertiary alicyclic amines) is 1. The maximum atomic E-state index is 14.0. The predicted octanol–water partition coefficient (Wildman–Crippen LogP) is 1.76.